The van der Waals surface area contributed by atoms with Gasteiger partial charge in [0.2, 0.25) is 4.77 Å². The van der Waals surface area contributed by atoms with Crippen LogP contribution in [0.15, 0.2) is 45.6 Å². The summed E-state index contributed by atoms with van der Waals surface area (Å²) in [6.45, 7) is 4.50. The number of rotatable bonds is 6. The lowest BCUT2D eigenvalue weighted by Crippen LogP contribution is -2.17. The third kappa shape index (κ3) is 4.33. The van der Waals surface area contributed by atoms with Crippen LogP contribution in [0.2, 0.25) is 0 Å². The second-order valence-electron chi connectivity index (χ2n) is 5.80. The Balaban J connectivity index is 1.91. The number of halogens is 2. The molecule has 0 aliphatic heterocycles. The quantitative estimate of drug-likeness (QED) is 0.465. The predicted octanol–water partition coefficient (Wildman–Crippen LogP) is 5.06. The molecule has 0 radical (unpaired) electrons. The molecule has 0 atom stereocenters. The topological polar surface area (TPSA) is 67.8 Å². The molecular formula is C17H17Br2N5OS. The number of H-pyrrole nitrogens is 1. The van der Waals surface area contributed by atoms with Crippen molar-refractivity contribution in [2.24, 2.45) is 0 Å². The molecule has 0 spiro atoms. The summed E-state index contributed by atoms with van der Waals surface area (Å²) >= 11 is 12.5. The minimum Gasteiger partial charge on any atom is -0.489 e. The molecule has 3 aromatic rings. The molecule has 2 heterocycles. The van der Waals surface area contributed by atoms with Crippen molar-refractivity contribution < 1.29 is 4.74 Å². The standard InChI is InChI=1S/C17H17Br2N5OS/c1-10(2)25-15-12(7-13(18)8-14(15)19)9-21-24-16(22-23-17(24)26)11-3-5-20-6-4-11/h3-8,10,21H,9H2,1-2H3,(H,23,26). The third-order valence-electron chi connectivity index (χ3n) is 3.48. The Bertz CT molecular complexity index is 956. The summed E-state index contributed by atoms with van der Waals surface area (Å²) in [6, 6.07) is 7.75. The highest BCUT2D eigenvalue weighted by Crippen LogP contribution is 2.34. The summed E-state index contributed by atoms with van der Waals surface area (Å²) in [4.78, 5) is 4.04. The van der Waals surface area contributed by atoms with Crippen molar-refractivity contribution in [3.63, 3.8) is 0 Å². The average Bonchev–Trinajstić information content (AvgIpc) is 2.97. The fourth-order valence-corrected chi connectivity index (χ4v) is 4.02. The third-order valence-corrected chi connectivity index (χ3v) is 4.80. The van der Waals surface area contributed by atoms with Crippen molar-refractivity contribution >= 4 is 44.1 Å². The molecule has 6 nitrogen and oxygen atoms in total. The molecule has 2 N–H and O–H groups in total. The van der Waals surface area contributed by atoms with Gasteiger partial charge in [-0.1, -0.05) is 15.9 Å². The highest BCUT2D eigenvalue weighted by atomic mass is 79.9. The fraction of sp³-hybridized carbons (Fsp3) is 0.235. The van der Waals surface area contributed by atoms with Crippen LogP contribution in [0.25, 0.3) is 11.4 Å². The monoisotopic (exact) mass is 497 g/mol. The van der Waals surface area contributed by atoms with Gasteiger partial charge in [0, 0.05) is 28.0 Å². The van der Waals surface area contributed by atoms with E-state index in [0.29, 0.717) is 17.1 Å². The first-order chi connectivity index (χ1) is 12.5. The summed E-state index contributed by atoms with van der Waals surface area (Å²) in [5, 5.41) is 7.13. The van der Waals surface area contributed by atoms with Crippen molar-refractivity contribution in [3.05, 3.63) is 55.9 Å². The van der Waals surface area contributed by atoms with E-state index in [-0.39, 0.29) is 6.10 Å². The van der Waals surface area contributed by atoms with Gasteiger partial charge in [-0.15, -0.1) is 0 Å². The molecule has 0 aliphatic carbocycles. The first-order valence-corrected chi connectivity index (χ1v) is 9.91. The number of aromatic amines is 1. The van der Waals surface area contributed by atoms with Crippen LogP contribution in [0, 0.1) is 4.77 Å². The first kappa shape index (κ1) is 19.1. The molecule has 2 aromatic heterocycles. The Morgan fingerprint density at radius 2 is 2.00 bits per heavy atom. The fourth-order valence-electron chi connectivity index (χ4n) is 2.42. The zero-order valence-corrected chi connectivity index (χ0v) is 18.2. The van der Waals surface area contributed by atoms with Crippen molar-refractivity contribution in [1.29, 1.82) is 0 Å². The van der Waals surface area contributed by atoms with Gasteiger partial charge in [-0.3, -0.25) is 4.98 Å². The normalized spacial score (nSPS) is 11.0. The summed E-state index contributed by atoms with van der Waals surface area (Å²) < 4.78 is 10.1. The van der Waals surface area contributed by atoms with Gasteiger partial charge in [-0.05, 0) is 66.3 Å². The van der Waals surface area contributed by atoms with E-state index in [2.05, 4.69) is 52.5 Å². The van der Waals surface area contributed by atoms with Crippen LogP contribution in [0.5, 0.6) is 5.75 Å². The van der Waals surface area contributed by atoms with Crippen LogP contribution in [-0.2, 0) is 6.54 Å². The minimum atomic E-state index is 0.0645. The van der Waals surface area contributed by atoms with E-state index >= 15 is 0 Å². The molecule has 0 fully saturated rings. The summed E-state index contributed by atoms with van der Waals surface area (Å²) in [5.74, 6) is 1.49. The molecule has 0 aliphatic rings. The van der Waals surface area contributed by atoms with Gasteiger partial charge in [0.05, 0.1) is 17.1 Å². The summed E-state index contributed by atoms with van der Waals surface area (Å²) in [7, 11) is 0. The van der Waals surface area contributed by atoms with Gasteiger partial charge in [-0.25, -0.2) is 9.77 Å². The van der Waals surface area contributed by atoms with Crippen molar-refractivity contribution in [2.75, 3.05) is 5.43 Å². The maximum atomic E-state index is 5.97. The average molecular weight is 499 g/mol. The molecule has 136 valence electrons. The van der Waals surface area contributed by atoms with Crippen molar-refractivity contribution in [1.82, 2.24) is 19.9 Å². The van der Waals surface area contributed by atoms with E-state index in [9.17, 15) is 0 Å². The number of aromatic nitrogens is 4. The van der Waals surface area contributed by atoms with Gasteiger partial charge in [0.1, 0.15) is 5.75 Å². The number of nitrogens with one attached hydrogen (secondary N) is 2. The maximum absolute atomic E-state index is 5.97. The first-order valence-electron chi connectivity index (χ1n) is 7.92. The number of nitrogens with zero attached hydrogens (tertiary/aromatic N) is 3. The van der Waals surface area contributed by atoms with Crippen LogP contribution in [0.4, 0.5) is 0 Å². The second-order valence-corrected chi connectivity index (χ2v) is 7.96. The molecule has 3 rings (SSSR count). The zero-order chi connectivity index (χ0) is 18.7. The highest BCUT2D eigenvalue weighted by Gasteiger charge is 2.14. The number of benzene rings is 1. The number of hydrogen-bond donors (Lipinski definition) is 2. The van der Waals surface area contributed by atoms with Gasteiger partial charge in [-0.2, -0.15) is 5.10 Å². The Kier molecular flexibility index (Phi) is 6.10. The summed E-state index contributed by atoms with van der Waals surface area (Å²) in [5.41, 5.74) is 5.22. The largest absolute Gasteiger partial charge is 0.489 e. The molecule has 1 aromatic carbocycles. The lowest BCUT2D eigenvalue weighted by atomic mass is 10.2. The molecule has 0 bridgehead atoms. The summed E-state index contributed by atoms with van der Waals surface area (Å²) in [6.07, 6.45) is 3.50. The Morgan fingerprint density at radius 3 is 2.69 bits per heavy atom. The molecule has 0 saturated carbocycles. The predicted molar refractivity (Wildman–Crippen MR) is 111 cm³/mol. The van der Waals surface area contributed by atoms with E-state index in [1.165, 1.54) is 0 Å². The second kappa shape index (κ2) is 8.32. The van der Waals surface area contributed by atoms with E-state index < -0.39 is 0 Å². The van der Waals surface area contributed by atoms with Crippen LogP contribution in [0.3, 0.4) is 0 Å². The van der Waals surface area contributed by atoms with Crippen LogP contribution < -0.4 is 10.2 Å². The molecule has 0 amide bonds. The number of ether oxygens (including phenoxy) is 1. The lowest BCUT2D eigenvalue weighted by Gasteiger charge is -2.18. The Morgan fingerprint density at radius 1 is 1.27 bits per heavy atom. The van der Waals surface area contributed by atoms with Crippen molar-refractivity contribution in [2.45, 2.75) is 26.5 Å². The van der Waals surface area contributed by atoms with Crippen LogP contribution in [0.1, 0.15) is 19.4 Å². The SMILES string of the molecule is CC(C)Oc1c(Br)cc(Br)cc1CNn1c(-c2ccncc2)n[nH]c1=S. The van der Waals surface area contributed by atoms with Crippen LogP contribution in [-0.4, -0.2) is 26.0 Å². The molecule has 0 unspecified atom stereocenters. The van der Waals surface area contributed by atoms with Gasteiger partial charge in [0.25, 0.3) is 0 Å². The van der Waals surface area contributed by atoms with Gasteiger partial charge >= 0.3 is 0 Å². The lowest BCUT2D eigenvalue weighted by molar-refractivity contribution is 0.238. The Hall–Kier alpha value is -1.71. The molecular weight excluding hydrogens is 482 g/mol. The Labute approximate surface area is 173 Å². The maximum Gasteiger partial charge on any atom is 0.214 e. The van der Waals surface area contributed by atoms with Crippen LogP contribution >= 0.6 is 44.1 Å². The molecule has 0 saturated heterocycles. The van der Waals surface area contributed by atoms with E-state index in [4.69, 9.17) is 17.0 Å². The van der Waals surface area contributed by atoms with Crippen molar-refractivity contribution in [3.8, 4) is 17.1 Å². The highest BCUT2D eigenvalue weighted by molar-refractivity contribution is 9.11. The zero-order valence-electron chi connectivity index (χ0n) is 14.2. The minimum absolute atomic E-state index is 0.0645. The number of hydrogen-bond acceptors (Lipinski definition) is 5. The number of pyridine rings is 1. The smallest absolute Gasteiger partial charge is 0.214 e. The van der Waals surface area contributed by atoms with E-state index in [1.54, 1.807) is 17.1 Å². The molecule has 26 heavy (non-hydrogen) atoms. The van der Waals surface area contributed by atoms with Gasteiger partial charge < -0.3 is 10.2 Å². The van der Waals surface area contributed by atoms with E-state index in [0.717, 1.165) is 25.8 Å². The van der Waals surface area contributed by atoms with E-state index in [1.807, 2.05) is 38.1 Å². The van der Waals surface area contributed by atoms with Gasteiger partial charge in [0.15, 0.2) is 5.82 Å². The molecule has 9 heteroatoms.